The van der Waals surface area contributed by atoms with Crippen LogP contribution in [0, 0.1) is 0 Å². The van der Waals surface area contributed by atoms with Crippen molar-refractivity contribution in [1.29, 1.82) is 0 Å². The second kappa shape index (κ2) is 10.6. The highest BCUT2D eigenvalue weighted by Crippen LogP contribution is 2.24. The number of carbonyl (C=O) groups is 3. The van der Waals surface area contributed by atoms with Crippen molar-refractivity contribution in [1.82, 2.24) is 15.8 Å². The van der Waals surface area contributed by atoms with Crippen molar-refractivity contribution in [2.75, 3.05) is 29.5 Å². The van der Waals surface area contributed by atoms with E-state index in [4.69, 9.17) is 0 Å². The van der Waals surface area contributed by atoms with Crippen molar-refractivity contribution in [2.24, 2.45) is 0 Å². The summed E-state index contributed by atoms with van der Waals surface area (Å²) in [5.41, 5.74) is 4.09. The van der Waals surface area contributed by atoms with Gasteiger partial charge in [0.15, 0.2) is 9.84 Å². The maximum atomic E-state index is 13.3. The first-order valence-electron chi connectivity index (χ1n) is 10.1. The summed E-state index contributed by atoms with van der Waals surface area (Å²) in [7, 11) is -3.18. The quantitative estimate of drug-likeness (QED) is 0.543. The number of amides is 4. The van der Waals surface area contributed by atoms with Crippen LogP contribution in [0.3, 0.4) is 0 Å². The molecule has 0 unspecified atom stereocenters. The number of sulfone groups is 1. The summed E-state index contributed by atoms with van der Waals surface area (Å²) in [5.74, 6) is -3.51. The largest absolute Gasteiger partial charge is 0.472 e. The Bertz CT molecular complexity index is 1210. The molecule has 4 amide bonds. The molecule has 188 valence electrons. The monoisotopic (exact) mass is 576 g/mol. The van der Waals surface area contributed by atoms with Crippen LogP contribution in [0.5, 0.6) is 0 Å². The molecule has 1 heterocycles. The fourth-order valence-corrected chi connectivity index (χ4v) is 4.78. The predicted molar refractivity (Wildman–Crippen MR) is 124 cm³/mol. The molecular formula is C21H20BrF3N4O5S. The Morgan fingerprint density at radius 2 is 1.63 bits per heavy atom. The van der Waals surface area contributed by atoms with Gasteiger partial charge in [0.25, 0.3) is 5.91 Å². The van der Waals surface area contributed by atoms with Gasteiger partial charge >= 0.3 is 18.1 Å². The minimum Gasteiger partial charge on any atom is -0.322 e. The average molecular weight is 577 g/mol. The van der Waals surface area contributed by atoms with Gasteiger partial charge in [-0.05, 0) is 35.9 Å². The summed E-state index contributed by atoms with van der Waals surface area (Å²) in [6, 6.07) is 12.3. The van der Waals surface area contributed by atoms with E-state index >= 15 is 0 Å². The lowest BCUT2D eigenvalue weighted by molar-refractivity contribution is -0.174. The van der Waals surface area contributed by atoms with E-state index in [1.807, 2.05) is 0 Å². The number of nitrogens with zero attached hydrogens (tertiary/aromatic N) is 2. The smallest absolute Gasteiger partial charge is 0.322 e. The lowest BCUT2D eigenvalue weighted by atomic mass is 10.1. The Hall–Kier alpha value is -3.13. The van der Waals surface area contributed by atoms with Gasteiger partial charge in [-0.15, -0.1) is 0 Å². The SMILES string of the molecule is O=C(NNC(=O)C(F)(F)F)c1ccc(CN(C(=O)N2CCS(=O)(=O)CC2)c2cccc(Br)c2)cc1. The molecule has 35 heavy (non-hydrogen) atoms. The summed E-state index contributed by atoms with van der Waals surface area (Å²) in [6.45, 7) is 0.202. The number of carbonyl (C=O) groups excluding carboxylic acids is 3. The van der Waals surface area contributed by atoms with Gasteiger partial charge in [0, 0.05) is 28.8 Å². The number of halogens is 4. The molecule has 1 fully saturated rings. The van der Waals surface area contributed by atoms with E-state index in [9.17, 15) is 36.0 Å². The van der Waals surface area contributed by atoms with Crippen LogP contribution in [0.4, 0.5) is 23.7 Å². The second-order valence-electron chi connectivity index (χ2n) is 7.59. The Balaban J connectivity index is 1.74. The maximum Gasteiger partial charge on any atom is 0.472 e. The Kier molecular flexibility index (Phi) is 8.05. The number of rotatable bonds is 4. The van der Waals surface area contributed by atoms with E-state index in [1.54, 1.807) is 29.7 Å². The first kappa shape index (κ1) is 26.5. The minimum atomic E-state index is -5.14. The number of hydrazine groups is 1. The van der Waals surface area contributed by atoms with Crippen molar-refractivity contribution >= 4 is 49.3 Å². The third-order valence-electron chi connectivity index (χ3n) is 5.07. The van der Waals surface area contributed by atoms with Crippen molar-refractivity contribution in [3.63, 3.8) is 0 Å². The normalized spacial score (nSPS) is 15.3. The topological polar surface area (TPSA) is 116 Å². The third kappa shape index (κ3) is 7.18. The van der Waals surface area contributed by atoms with Crippen LogP contribution in [-0.2, 0) is 21.2 Å². The van der Waals surface area contributed by atoms with Gasteiger partial charge in [-0.3, -0.25) is 25.3 Å². The van der Waals surface area contributed by atoms with Crippen molar-refractivity contribution in [3.8, 4) is 0 Å². The number of alkyl halides is 3. The highest BCUT2D eigenvalue weighted by atomic mass is 79.9. The van der Waals surface area contributed by atoms with Gasteiger partial charge in [-0.25, -0.2) is 13.2 Å². The van der Waals surface area contributed by atoms with Gasteiger partial charge in [-0.1, -0.05) is 34.1 Å². The van der Waals surface area contributed by atoms with E-state index < -0.39 is 33.9 Å². The zero-order valence-corrected chi connectivity index (χ0v) is 20.4. The molecule has 2 aromatic rings. The summed E-state index contributed by atoms with van der Waals surface area (Å²) >= 11 is 3.36. The molecule has 0 bridgehead atoms. The minimum absolute atomic E-state index is 0.0159. The molecule has 3 rings (SSSR count). The fourth-order valence-electron chi connectivity index (χ4n) is 3.19. The Morgan fingerprint density at radius 3 is 2.20 bits per heavy atom. The second-order valence-corrected chi connectivity index (χ2v) is 10.8. The summed E-state index contributed by atoms with van der Waals surface area (Å²) in [6.07, 6.45) is -5.14. The van der Waals surface area contributed by atoms with E-state index in [2.05, 4.69) is 15.9 Å². The zero-order chi connectivity index (χ0) is 25.8. The van der Waals surface area contributed by atoms with Crippen LogP contribution < -0.4 is 15.8 Å². The van der Waals surface area contributed by atoms with Gasteiger partial charge < -0.3 is 4.90 Å². The number of benzene rings is 2. The average Bonchev–Trinajstić information content (AvgIpc) is 2.80. The first-order chi connectivity index (χ1) is 16.4. The summed E-state index contributed by atoms with van der Waals surface area (Å²) in [5, 5.41) is 0. The predicted octanol–water partition coefficient (Wildman–Crippen LogP) is 2.63. The van der Waals surface area contributed by atoms with Gasteiger partial charge in [0.05, 0.1) is 18.1 Å². The Morgan fingerprint density at radius 1 is 1.00 bits per heavy atom. The molecule has 0 saturated carbocycles. The molecule has 1 saturated heterocycles. The van der Waals surface area contributed by atoms with Gasteiger partial charge in [0.1, 0.15) is 0 Å². The molecule has 0 atom stereocenters. The Labute approximate surface area is 207 Å². The molecule has 0 radical (unpaired) electrons. The van der Waals surface area contributed by atoms with E-state index in [-0.39, 0.29) is 36.7 Å². The fraction of sp³-hybridized carbons (Fsp3) is 0.286. The number of hydrogen-bond donors (Lipinski definition) is 2. The number of urea groups is 1. The standard InChI is InChI=1S/C21H20BrF3N4O5S/c22-16-2-1-3-17(12-16)29(20(32)28-8-10-35(33,34)11-9-28)13-14-4-6-15(7-5-14)18(30)26-27-19(31)21(23,24)25/h1-7,12H,8-11,13H2,(H,26,30)(H,27,31). The van der Waals surface area contributed by atoms with E-state index in [0.717, 1.165) is 4.47 Å². The van der Waals surface area contributed by atoms with Crippen LogP contribution in [0.25, 0.3) is 0 Å². The summed E-state index contributed by atoms with van der Waals surface area (Å²) < 4.78 is 61.0. The van der Waals surface area contributed by atoms with Crippen LogP contribution in [0.2, 0.25) is 0 Å². The molecule has 9 nitrogen and oxygen atoms in total. The van der Waals surface area contributed by atoms with Gasteiger partial charge in [0.2, 0.25) is 0 Å². The van der Waals surface area contributed by atoms with Crippen molar-refractivity contribution < 1.29 is 36.0 Å². The molecule has 0 aromatic heterocycles. The van der Waals surface area contributed by atoms with Crippen LogP contribution >= 0.6 is 15.9 Å². The molecule has 0 spiro atoms. The molecule has 1 aliphatic heterocycles. The van der Waals surface area contributed by atoms with Gasteiger partial charge in [-0.2, -0.15) is 13.2 Å². The van der Waals surface area contributed by atoms with Crippen LogP contribution in [0.15, 0.2) is 53.0 Å². The molecule has 2 N–H and O–H groups in total. The van der Waals surface area contributed by atoms with E-state index in [0.29, 0.717) is 11.3 Å². The molecular weight excluding hydrogens is 557 g/mol. The molecule has 14 heteroatoms. The van der Waals surface area contributed by atoms with E-state index in [1.165, 1.54) is 39.5 Å². The lowest BCUT2D eigenvalue weighted by Crippen LogP contribution is -2.49. The van der Waals surface area contributed by atoms with Crippen molar-refractivity contribution in [3.05, 3.63) is 64.1 Å². The first-order valence-corrected chi connectivity index (χ1v) is 12.8. The highest BCUT2D eigenvalue weighted by molar-refractivity contribution is 9.10. The third-order valence-corrected chi connectivity index (χ3v) is 7.17. The zero-order valence-electron chi connectivity index (χ0n) is 18.0. The van der Waals surface area contributed by atoms with Crippen LogP contribution in [0.1, 0.15) is 15.9 Å². The van der Waals surface area contributed by atoms with Crippen molar-refractivity contribution in [2.45, 2.75) is 12.7 Å². The summed E-state index contributed by atoms with van der Waals surface area (Å²) in [4.78, 5) is 39.0. The lowest BCUT2D eigenvalue weighted by Gasteiger charge is -2.33. The maximum absolute atomic E-state index is 13.3. The number of anilines is 1. The number of hydrogen-bond acceptors (Lipinski definition) is 5. The molecule has 2 aromatic carbocycles. The molecule has 0 aliphatic carbocycles. The van der Waals surface area contributed by atoms with Crippen LogP contribution in [-0.4, -0.2) is 61.9 Å². The number of nitrogens with one attached hydrogen (secondary N) is 2. The highest BCUT2D eigenvalue weighted by Gasteiger charge is 2.39. The molecule has 1 aliphatic rings.